The van der Waals surface area contributed by atoms with Crippen LogP contribution in [0.25, 0.3) is 0 Å². The minimum Gasteiger partial charge on any atom is -0.493 e. The van der Waals surface area contributed by atoms with E-state index in [2.05, 4.69) is 41.5 Å². The predicted octanol–water partition coefficient (Wildman–Crippen LogP) is 2.19. The highest BCUT2D eigenvalue weighted by Gasteiger charge is 2.30. The van der Waals surface area contributed by atoms with E-state index in [9.17, 15) is 0 Å². The van der Waals surface area contributed by atoms with Crippen LogP contribution in [-0.2, 0) is 0 Å². The molecule has 3 nitrogen and oxygen atoms in total. The van der Waals surface area contributed by atoms with Crippen LogP contribution in [0.4, 0.5) is 0 Å². The Balaban J connectivity index is 1.80. The summed E-state index contributed by atoms with van der Waals surface area (Å²) in [5.74, 6) is 1.08. The molecule has 0 bridgehead atoms. The van der Waals surface area contributed by atoms with Crippen LogP contribution >= 0.6 is 0 Å². The third kappa shape index (κ3) is 2.25. The first kappa shape index (κ1) is 12.0. The maximum Gasteiger partial charge on any atom is 0.124 e. The summed E-state index contributed by atoms with van der Waals surface area (Å²) in [5, 5.41) is 3.42. The number of piperidine rings is 1. The molecule has 2 aliphatic rings. The van der Waals surface area contributed by atoms with Crippen molar-refractivity contribution in [3.8, 4) is 5.75 Å². The molecule has 0 saturated carbocycles. The number of likely N-dealkylation sites (N-methyl/N-ethyl adjacent to an activating group) is 1. The summed E-state index contributed by atoms with van der Waals surface area (Å²) in [6, 6.07) is 9.71. The molecule has 2 aliphatic heterocycles. The van der Waals surface area contributed by atoms with Gasteiger partial charge in [0.15, 0.2) is 0 Å². The highest BCUT2D eigenvalue weighted by molar-refractivity contribution is 5.37. The summed E-state index contributed by atoms with van der Waals surface area (Å²) in [5.41, 5.74) is 1.38. The largest absolute Gasteiger partial charge is 0.493 e. The number of ether oxygens (including phenoxy) is 1. The van der Waals surface area contributed by atoms with Gasteiger partial charge in [0.2, 0.25) is 0 Å². The summed E-state index contributed by atoms with van der Waals surface area (Å²) in [6.07, 6.45) is 3.72. The summed E-state index contributed by atoms with van der Waals surface area (Å²) < 4.78 is 5.76. The molecule has 3 heteroatoms. The average molecular weight is 246 g/mol. The summed E-state index contributed by atoms with van der Waals surface area (Å²) in [4.78, 5) is 2.63. The fraction of sp³-hybridized carbons (Fsp3) is 0.600. The molecule has 0 aromatic heterocycles. The van der Waals surface area contributed by atoms with Crippen LogP contribution in [0.1, 0.15) is 30.9 Å². The highest BCUT2D eigenvalue weighted by atomic mass is 16.5. The molecule has 1 aromatic rings. The molecule has 1 saturated heterocycles. The molecule has 1 fully saturated rings. The molecule has 1 N–H and O–H groups in total. The van der Waals surface area contributed by atoms with Crippen molar-refractivity contribution in [2.75, 3.05) is 26.7 Å². The van der Waals surface area contributed by atoms with E-state index in [1.807, 2.05) is 0 Å². The van der Waals surface area contributed by atoms with Crippen molar-refractivity contribution in [3.05, 3.63) is 29.8 Å². The second-order valence-electron chi connectivity index (χ2n) is 5.31. The van der Waals surface area contributed by atoms with Crippen LogP contribution in [0.3, 0.4) is 0 Å². The molecule has 2 atom stereocenters. The Hall–Kier alpha value is -1.06. The quantitative estimate of drug-likeness (QED) is 0.865. The number of benzene rings is 1. The number of para-hydroxylation sites is 1. The third-order valence-electron chi connectivity index (χ3n) is 4.23. The number of hydrogen-bond donors (Lipinski definition) is 1. The van der Waals surface area contributed by atoms with Gasteiger partial charge >= 0.3 is 0 Å². The SMILES string of the molecule is CNC1CCCN(C2CCOc3ccccc32)C1. The molecule has 0 spiro atoms. The third-order valence-corrected chi connectivity index (χ3v) is 4.23. The van der Waals surface area contributed by atoms with Gasteiger partial charge in [0.1, 0.15) is 5.75 Å². The number of nitrogens with one attached hydrogen (secondary N) is 1. The number of nitrogens with zero attached hydrogens (tertiary/aromatic N) is 1. The van der Waals surface area contributed by atoms with Gasteiger partial charge < -0.3 is 10.1 Å². The van der Waals surface area contributed by atoms with Crippen LogP contribution in [0.2, 0.25) is 0 Å². The smallest absolute Gasteiger partial charge is 0.124 e. The number of fused-ring (bicyclic) bond motifs is 1. The zero-order valence-electron chi connectivity index (χ0n) is 11.1. The second-order valence-corrected chi connectivity index (χ2v) is 5.31. The topological polar surface area (TPSA) is 24.5 Å². The maximum absolute atomic E-state index is 5.76. The van der Waals surface area contributed by atoms with Crippen molar-refractivity contribution in [1.29, 1.82) is 0 Å². The molecule has 0 amide bonds. The van der Waals surface area contributed by atoms with Crippen molar-refractivity contribution in [2.24, 2.45) is 0 Å². The Labute approximate surface area is 109 Å². The summed E-state index contributed by atoms with van der Waals surface area (Å²) in [6.45, 7) is 3.23. The van der Waals surface area contributed by atoms with Crippen LogP contribution in [0.5, 0.6) is 5.75 Å². The van der Waals surface area contributed by atoms with Crippen LogP contribution in [-0.4, -0.2) is 37.7 Å². The molecule has 1 aromatic carbocycles. The molecule has 3 rings (SSSR count). The Bertz CT molecular complexity index is 407. The van der Waals surface area contributed by atoms with E-state index in [4.69, 9.17) is 4.74 Å². The molecule has 98 valence electrons. The van der Waals surface area contributed by atoms with Crippen molar-refractivity contribution in [3.63, 3.8) is 0 Å². The first-order valence-electron chi connectivity index (χ1n) is 7.01. The van der Waals surface area contributed by atoms with Crippen molar-refractivity contribution in [2.45, 2.75) is 31.3 Å². The van der Waals surface area contributed by atoms with E-state index in [0.717, 1.165) is 25.3 Å². The first-order valence-corrected chi connectivity index (χ1v) is 7.01. The van der Waals surface area contributed by atoms with Gasteiger partial charge in [0.05, 0.1) is 6.61 Å². The lowest BCUT2D eigenvalue weighted by molar-refractivity contribution is 0.104. The number of rotatable bonds is 2. The minimum absolute atomic E-state index is 0.547. The average Bonchev–Trinajstić information content (AvgIpc) is 2.47. The number of hydrogen-bond acceptors (Lipinski definition) is 3. The second kappa shape index (κ2) is 5.29. The van der Waals surface area contributed by atoms with Crippen molar-refractivity contribution < 1.29 is 4.74 Å². The number of likely N-dealkylation sites (tertiary alicyclic amines) is 1. The Morgan fingerprint density at radius 2 is 2.17 bits per heavy atom. The van der Waals surface area contributed by atoms with Gasteiger partial charge in [-0.05, 0) is 32.5 Å². The lowest BCUT2D eigenvalue weighted by Gasteiger charge is -2.40. The molecule has 2 unspecified atom stereocenters. The van der Waals surface area contributed by atoms with Crippen LogP contribution in [0.15, 0.2) is 24.3 Å². The van der Waals surface area contributed by atoms with Gasteiger partial charge in [0, 0.05) is 30.6 Å². The molecular formula is C15H22N2O. The lowest BCUT2D eigenvalue weighted by Crippen LogP contribution is -2.46. The van der Waals surface area contributed by atoms with Gasteiger partial charge in [-0.25, -0.2) is 0 Å². The van der Waals surface area contributed by atoms with Gasteiger partial charge in [-0.3, -0.25) is 4.90 Å². The van der Waals surface area contributed by atoms with Gasteiger partial charge in [-0.15, -0.1) is 0 Å². The standard InChI is InChI=1S/C15H22N2O/c1-16-12-5-4-9-17(11-12)14-8-10-18-15-7-3-2-6-13(14)15/h2-3,6-7,12,14,16H,4-5,8-11H2,1H3. The maximum atomic E-state index is 5.76. The van der Waals surface area contributed by atoms with E-state index in [-0.39, 0.29) is 0 Å². The van der Waals surface area contributed by atoms with E-state index < -0.39 is 0 Å². The van der Waals surface area contributed by atoms with E-state index in [0.29, 0.717) is 12.1 Å². The Kier molecular flexibility index (Phi) is 3.52. The highest BCUT2D eigenvalue weighted by Crippen LogP contribution is 2.36. The fourth-order valence-corrected chi connectivity index (χ4v) is 3.23. The summed E-state index contributed by atoms with van der Waals surface area (Å²) >= 11 is 0. The molecule has 0 radical (unpaired) electrons. The minimum atomic E-state index is 0.547. The predicted molar refractivity (Wildman–Crippen MR) is 72.9 cm³/mol. The van der Waals surface area contributed by atoms with Gasteiger partial charge in [-0.2, -0.15) is 0 Å². The van der Waals surface area contributed by atoms with Gasteiger partial charge in [-0.1, -0.05) is 18.2 Å². The van der Waals surface area contributed by atoms with Crippen LogP contribution in [0, 0.1) is 0 Å². The zero-order chi connectivity index (χ0) is 12.4. The summed E-state index contributed by atoms with van der Waals surface area (Å²) in [7, 11) is 2.08. The van der Waals surface area contributed by atoms with E-state index in [1.165, 1.54) is 24.9 Å². The molecule has 0 aliphatic carbocycles. The monoisotopic (exact) mass is 246 g/mol. The normalized spacial score (nSPS) is 28.5. The Morgan fingerprint density at radius 3 is 3.06 bits per heavy atom. The molecular weight excluding hydrogens is 224 g/mol. The van der Waals surface area contributed by atoms with E-state index >= 15 is 0 Å². The van der Waals surface area contributed by atoms with Crippen molar-refractivity contribution in [1.82, 2.24) is 10.2 Å². The van der Waals surface area contributed by atoms with Gasteiger partial charge in [0.25, 0.3) is 0 Å². The first-order chi connectivity index (χ1) is 8.88. The van der Waals surface area contributed by atoms with Crippen LogP contribution < -0.4 is 10.1 Å². The Morgan fingerprint density at radius 1 is 1.28 bits per heavy atom. The van der Waals surface area contributed by atoms with Crippen molar-refractivity contribution >= 4 is 0 Å². The lowest BCUT2D eigenvalue weighted by atomic mass is 9.95. The zero-order valence-corrected chi connectivity index (χ0v) is 11.1. The fourth-order valence-electron chi connectivity index (χ4n) is 3.23. The molecule has 2 heterocycles. The van der Waals surface area contributed by atoms with E-state index in [1.54, 1.807) is 0 Å². The molecule has 18 heavy (non-hydrogen) atoms.